The highest BCUT2D eigenvalue weighted by atomic mass is 16.5. The Hall–Kier alpha value is -2.16. The van der Waals surface area contributed by atoms with Crippen LogP contribution in [0.3, 0.4) is 0 Å². The first kappa shape index (κ1) is 9.09. The number of rotatable bonds is 2. The van der Waals surface area contributed by atoms with Gasteiger partial charge in [0.05, 0.1) is 0 Å². The summed E-state index contributed by atoms with van der Waals surface area (Å²) < 4.78 is 10.8. The van der Waals surface area contributed by atoms with E-state index < -0.39 is 0 Å². The monoisotopic (exact) mass is 214 g/mol. The van der Waals surface area contributed by atoms with Crippen LogP contribution >= 0.6 is 0 Å². The van der Waals surface area contributed by atoms with E-state index in [1.807, 2.05) is 24.3 Å². The second kappa shape index (κ2) is 3.45. The quantitative estimate of drug-likeness (QED) is 0.834. The summed E-state index contributed by atoms with van der Waals surface area (Å²) in [5.41, 5.74) is 1.13. The summed E-state index contributed by atoms with van der Waals surface area (Å²) in [7, 11) is 0. The lowest BCUT2D eigenvalue weighted by molar-refractivity contribution is 0.242. The SMILES string of the molecule is Oc1ccccc1Oc1ccc2c(c1)CO2. The van der Waals surface area contributed by atoms with Crippen molar-refractivity contribution in [3.63, 3.8) is 0 Å². The molecule has 16 heavy (non-hydrogen) atoms. The normalized spacial score (nSPS) is 12.2. The van der Waals surface area contributed by atoms with Gasteiger partial charge in [0.1, 0.15) is 18.1 Å². The second-order valence-corrected chi connectivity index (χ2v) is 3.63. The molecule has 0 aliphatic carbocycles. The van der Waals surface area contributed by atoms with Crippen LogP contribution in [0.1, 0.15) is 5.56 Å². The zero-order chi connectivity index (χ0) is 11.0. The fourth-order valence-electron chi connectivity index (χ4n) is 1.62. The highest BCUT2D eigenvalue weighted by molar-refractivity contribution is 5.47. The molecule has 3 heteroatoms. The molecule has 0 radical (unpaired) electrons. The van der Waals surface area contributed by atoms with Gasteiger partial charge in [-0.1, -0.05) is 12.1 Å². The topological polar surface area (TPSA) is 38.7 Å². The maximum absolute atomic E-state index is 9.56. The number of phenols is 1. The molecular weight excluding hydrogens is 204 g/mol. The van der Waals surface area contributed by atoms with Crippen molar-refractivity contribution >= 4 is 0 Å². The number of hydrogen-bond acceptors (Lipinski definition) is 3. The number of para-hydroxylation sites is 2. The van der Waals surface area contributed by atoms with Gasteiger partial charge in [0.2, 0.25) is 0 Å². The van der Waals surface area contributed by atoms with E-state index in [1.54, 1.807) is 18.2 Å². The molecule has 0 aromatic heterocycles. The Morgan fingerprint density at radius 1 is 1.12 bits per heavy atom. The van der Waals surface area contributed by atoms with Gasteiger partial charge in [-0.2, -0.15) is 0 Å². The largest absolute Gasteiger partial charge is 0.504 e. The second-order valence-electron chi connectivity index (χ2n) is 3.63. The van der Waals surface area contributed by atoms with Gasteiger partial charge in [-0.25, -0.2) is 0 Å². The number of phenolic OH excluding ortho intramolecular Hbond substituents is 1. The molecule has 0 spiro atoms. The first-order valence-electron chi connectivity index (χ1n) is 5.04. The number of aromatic hydroxyl groups is 1. The predicted octanol–water partition coefficient (Wildman–Crippen LogP) is 3.08. The van der Waals surface area contributed by atoms with Crippen molar-refractivity contribution in [2.75, 3.05) is 0 Å². The average Bonchev–Trinajstić information content (AvgIpc) is 2.25. The number of fused-ring (bicyclic) bond motifs is 1. The predicted molar refractivity (Wildman–Crippen MR) is 59.0 cm³/mol. The minimum absolute atomic E-state index is 0.140. The molecule has 1 aliphatic rings. The molecule has 0 bridgehead atoms. The van der Waals surface area contributed by atoms with E-state index in [0.29, 0.717) is 18.1 Å². The van der Waals surface area contributed by atoms with Crippen molar-refractivity contribution in [1.29, 1.82) is 0 Å². The summed E-state index contributed by atoms with van der Waals surface area (Å²) >= 11 is 0. The molecule has 3 nitrogen and oxygen atoms in total. The van der Waals surface area contributed by atoms with Crippen LogP contribution in [0.15, 0.2) is 42.5 Å². The molecule has 1 N–H and O–H groups in total. The summed E-state index contributed by atoms with van der Waals surface area (Å²) in [5.74, 6) is 2.22. The first-order valence-corrected chi connectivity index (χ1v) is 5.04. The Morgan fingerprint density at radius 3 is 2.69 bits per heavy atom. The summed E-state index contributed by atoms with van der Waals surface area (Å²) in [6.07, 6.45) is 0. The highest BCUT2D eigenvalue weighted by Gasteiger charge is 2.15. The number of ether oxygens (including phenoxy) is 2. The molecule has 2 aromatic carbocycles. The maximum Gasteiger partial charge on any atom is 0.169 e. The smallest absolute Gasteiger partial charge is 0.169 e. The molecule has 0 saturated heterocycles. The Kier molecular flexibility index (Phi) is 1.96. The van der Waals surface area contributed by atoms with Crippen LogP contribution in [0.25, 0.3) is 0 Å². The van der Waals surface area contributed by atoms with Crippen molar-refractivity contribution in [2.24, 2.45) is 0 Å². The van der Waals surface area contributed by atoms with E-state index in [1.165, 1.54) is 0 Å². The summed E-state index contributed by atoms with van der Waals surface area (Å²) in [6.45, 7) is 0.632. The van der Waals surface area contributed by atoms with E-state index in [2.05, 4.69) is 0 Å². The molecule has 0 saturated carbocycles. The molecule has 0 unspecified atom stereocenters. The molecule has 0 atom stereocenters. The molecular formula is C13H10O3. The zero-order valence-corrected chi connectivity index (χ0v) is 8.51. The van der Waals surface area contributed by atoms with Crippen LogP contribution < -0.4 is 9.47 Å². The van der Waals surface area contributed by atoms with Crippen molar-refractivity contribution in [3.05, 3.63) is 48.0 Å². The molecule has 0 amide bonds. The van der Waals surface area contributed by atoms with Gasteiger partial charge in [-0.05, 0) is 30.3 Å². The van der Waals surface area contributed by atoms with Gasteiger partial charge in [0.25, 0.3) is 0 Å². The van der Waals surface area contributed by atoms with E-state index in [9.17, 15) is 5.11 Å². The van der Waals surface area contributed by atoms with E-state index in [4.69, 9.17) is 9.47 Å². The molecule has 3 rings (SSSR count). The Bertz CT molecular complexity index is 534. The zero-order valence-electron chi connectivity index (χ0n) is 8.51. The van der Waals surface area contributed by atoms with Crippen LogP contribution in [-0.2, 0) is 6.61 Å². The van der Waals surface area contributed by atoms with E-state index in [-0.39, 0.29) is 5.75 Å². The maximum atomic E-state index is 9.56. The fourth-order valence-corrected chi connectivity index (χ4v) is 1.62. The van der Waals surface area contributed by atoms with E-state index in [0.717, 1.165) is 11.3 Å². The minimum atomic E-state index is 0.140. The van der Waals surface area contributed by atoms with Crippen molar-refractivity contribution in [2.45, 2.75) is 6.61 Å². The van der Waals surface area contributed by atoms with Crippen LogP contribution in [0.2, 0.25) is 0 Å². The summed E-state index contributed by atoms with van der Waals surface area (Å²) in [4.78, 5) is 0. The Balaban J connectivity index is 1.89. The number of benzene rings is 2. The Morgan fingerprint density at radius 2 is 2.00 bits per heavy atom. The molecule has 1 heterocycles. The fraction of sp³-hybridized carbons (Fsp3) is 0.0769. The number of hydrogen-bond donors (Lipinski definition) is 1. The van der Waals surface area contributed by atoms with E-state index >= 15 is 0 Å². The lowest BCUT2D eigenvalue weighted by atomic mass is 10.1. The van der Waals surface area contributed by atoms with Gasteiger partial charge < -0.3 is 14.6 Å². The van der Waals surface area contributed by atoms with Crippen molar-refractivity contribution < 1.29 is 14.6 Å². The lowest BCUT2D eigenvalue weighted by Gasteiger charge is -2.20. The van der Waals surface area contributed by atoms with Crippen molar-refractivity contribution in [1.82, 2.24) is 0 Å². The van der Waals surface area contributed by atoms with Gasteiger partial charge >= 0.3 is 0 Å². The standard InChI is InChI=1S/C13H10O3/c14-11-3-1-2-4-13(11)16-10-5-6-12-9(7-10)8-15-12/h1-7,14H,8H2. The van der Waals surface area contributed by atoms with Gasteiger partial charge in [-0.15, -0.1) is 0 Å². The first-order chi connectivity index (χ1) is 7.83. The highest BCUT2D eigenvalue weighted by Crippen LogP contribution is 2.35. The van der Waals surface area contributed by atoms with Crippen LogP contribution in [0, 0.1) is 0 Å². The Labute approximate surface area is 92.9 Å². The van der Waals surface area contributed by atoms with Gasteiger partial charge in [0, 0.05) is 5.56 Å². The van der Waals surface area contributed by atoms with Crippen LogP contribution in [0.4, 0.5) is 0 Å². The summed E-state index contributed by atoms with van der Waals surface area (Å²) in [5, 5.41) is 9.56. The summed E-state index contributed by atoms with van der Waals surface area (Å²) in [6, 6.07) is 12.5. The third-order valence-electron chi connectivity index (χ3n) is 2.51. The molecule has 1 aliphatic heterocycles. The minimum Gasteiger partial charge on any atom is -0.504 e. The van der Waals surface area contributed by atoms with Crippen molar-refractivity contribution in [3.8, 4) is 23.0 Å². The third-order valence-corrected chi connectivity index (χ3v) is 2.51. The molecule has 0 fully saturated rings. The third kappa shape index (κ3) is 1.46. The van der Waals surface area contributed by atoms with Gasteiger partial charge in [0.15, 0.2) is 11.5 Å². The van der Waals surface area contributed by atoms with Crippen LogP contribution in [-0.4, -0.2) is 5.11 Å². The molecule has 80 valence electrons. The van der Waals surface area contributed by atoms with Crippen LogP contribution in [0.5, 0.6) is 23.0 Å². The molecule has 2 aromatic rings. The average molecular weight is 214 g/mol. The lowest BCUT2D eigenvalue weighted by Crippen LogP contribution is -2.08. The van der Waals surface area contributed by atoms with Gasteiger partial charge in [-0.3, -0.25) is 0 Å².